The van der Waals surface area contributed by atoms with Crippen molar-refractivity contribution in [2.24, 2.45) is 17.8 Å². The summed E-state index contributed by atoms with van der Waals surface area (Å²) in [6, 6.07) is 16.5. The highest BCUT2D eigenvalue weighted by molar-refractivity contribution is 7.20. The highest BCUT2D eigenvalue weighted by atomic mass is 35.5. The van der Waals surface area contributed by atoms with E-state index in [-0.39, 0.29) is 90.9 Å². The average molecular weight is 1160 g/mol. The van der Waals surface area contributed by atoms with Crippen molar-refractivity contribution in [2.45, 2.75) is 138 Å². The number of piperidine rings is 1. The fourth-order valence-corrected chi connectivity index (χ4v) is 18.7. The number of aryl methyl sites for hydroxylation is 1. The number of rotatable bonds is 11. The zero-order valence-electron chi connectivity index (χ0n) is 43.9. The Morgan fingerprint density at radius 1 is 0.713 bits per heavy atom. The Hall–Kier alpha value is -5.21. The van der Waals surface area contributed by atoms with Crippen LogP contribution in [-0.2, 0) is 38.7 Å². The Labute approximate surface area is 478 Å². The zero-order chi connectivity index (χ0) is 54.7. The van der Waals surface area contributed by atoms with Gasteiger partial charge in [-0.05, 0) is 142 Å². The summed E-state index contributed by atoms with van der Waals surface area (Å²) in [6.45, 7) is 2.75. The number of amides is 4. The molecule has 9 aliphatic rings. The second kappa shape index (κ2) is 18.9. The van der Waals surface area contributed by atoms with Gasteiger partial charge in [0.05, 0.1) is 45.4 Å². The summed E-state index contributed by atoms with van der Waals surface area (Å²) < 4.78 is 44.0. The van der Waals surface area contributed by atoms with Crippen molar-refractivity contribution in [1.29, 1.82) is 0 Å². The fraction of sp³-hybridized carbons (Fsp3) is 0.500. The molecule has 7 fully saturated rings. The number of anilines is 2. The highest BCUT2D eigenvalue weighted by Gasteiger charge is 2.60. The quantitative estimate of drug-likeness (QED) is 0.120. The second-order valence-electron chi connectivity index (χ2n) is 24.3. The number of hydrogen-bond acceptors (Lipinski definition) is 13. The Morgan fingerprint density at radius 2 is 1.35 bits per heavy atom. The molecule has 4 aromatic heterocycles. The summed E-state index contributed by atoms with van der Waals surface area (Å²) >= 11 is 17.5. The summed E-state index contributed by atoms with van der Waals surface area (Å²) in [5.74, 6) is -0.420. The van der Waals surface area contributed by atoms with Crippen LogP contribution in [0.2, 0.25) is 10.0 Å². The number of pyridine rings is 2. The molecule has 0 bridgehead atoms. The van der Waals surface area contributed by atoms with Gasteiger partial charge in [-0.15, -0.1) is 22.7 Å². The SMILES string of the molecule is O=C1CCC(=O)N1Cc1cc2nccc(-c3cc(Cl)cc4c3N([C@@H]3CN(C[C@@H](O)C(F)(F)F)C5(CCC5)C3)CCC4C3CCC34C[C@H](N3CCCc5cc(Cl)cc(-c6ccnc7cc(CN8C(=O)C9CC9C8=O)sc67)c53)CN4)c2s1. The maximum Gasteiger partial charge on any atom is 0.415 e. The van der Waals surface area contributed by atoms with Crippen molar-refractivity contribution in [3.8, 4) is 22.3 Å². The number of alkyl halides is 3. The van der Waals surface area contributed by atoms with Gasteiger partial charge >= 0.3 is 6.18 Å². The lowest BCUT2D eigenvalue weighted by Gasteiger charge is -2.54. The summed E-state index contributed by atoms with van der Waals surface area (Å²) in [4.78, 5) is 72.6. The van der Waals surface area contributed by atoms with Gasteiger partial charge in [-0.3, -0.25) is 43.8 Å². The number of aromatic nitrogens is 2. The minimum absolute atomic E-state index is 0.0656. The third kappa shape index (κ3) is 8.29. The van der Waals surface area contributed by atoms with Crippen LogP contribution in [0.4, 0.5) is 24.5 Å². The number of thiophene rings is 2. The van der Waals surface area contributed by atoms with E-state index in [2.05, 4.69) is 39.4 Å². The molecule has 13 nitrogen and oxygen atoms in total. The molecule has 2 aromatic carbocycles. The minimum atomic E-state index is -4.72. The number of carbonyl (C=O) groups is 4. The van der Waals surface area contributed by atoms with Gasteiger partial charge in [-0.1, -0.05) is 23.2 Å². The molecule has 3 saturated carbocycles. The zero-order valence-corrected chi connectivity index (χ0v) is 47.0. The highest BCUT2D eigenvalue weighted by Crippen LogP contribution is 2.60. The maximum absolute atomic E-state index is 14.0. The Kier molecular flexibility index (Phi) is 12.2. The topological polar surface area (TPSA) is 143 Å². The predicted octanol–water partition coefficient (Wildman–Crippen LogP) is 10.9. The minimum Gasteiger partial charge on any atom is -0.382 e. The van der Waals surface area contributed by atoms with Crippen molar-refractivity contribution in [1.82, 2.24) is 30.0 Å². The van der Waals surface area contributed by atoms with Crippen molar-refractivity contribution in [3.05, 3.63) is 91.9 Å². The Balaban J connectivity index is 0.770. The molecule has 80 heavy (non-hydrogen) atoms. The number of nitrogens with one attached hydrogen (secondary N) is 1. The molecule has 3 aliphatic carbocycles. The summed E-state index contributed by atoms with van der Waals surface area (Å²) in [6.07, 6.45) is 6.45. The van der Waals surface area contributed by atoms with E-state index in [1.165, 1.54) is 32.4 Å². The van der Waals surface area contributed by atoms with Gasteiger partial charge in [0.1, 0.15) is 0 Å². The molecular weight excluding hydrogens is 1100 g/mol. The Bertz CT molecular complexity index is 3590. The fourth-order valence-electron chi connectivity index (χ4n) is 15.9. The van der Waals surface area contributed by atoms with Crippen LogP contribution < -0.4 is 15.1 Å². The van der Waals surface area contributed by atoms with Crippen molar-refractivity contribution in [2.75, 3.05) is 42.5 Å². The maximum atomic E-state index is 14.0. The molecule has 2 spiro atoms. The van der Waals surface area contributed by atoms with Crippen LogP contribution in [0.5, 0.6) is 0 Å². The van der Waals surface area contributed by atoms with Crippen LogP contribution in [0.15, 0.2) is 60.9 Å². The van der Waals surface area contributed by atoms with E-state index in [1.807, 2.05) is 35.4 Å². The predicted molar refractivity (Wildman–Crippen MR) is 303 cm³/mol. The molecule has 2 N–H and O–H groups in total. The molecule has 0 radical (unpaired) electrons. The van der Waals surface area contributed by atoms with E-state index in [0.717, 1.165) is 135 Å². The summed E-state index contributed by atoms with van der Waals surface area (Å²) in [5, 5.41) is 15.9. The number of aliphatic hydroxyl groups is 1. The number of halogens is 5. The standard InChI is InChI=1S/C60H59Cl2F3N8O5S2/c61-32-17-31-3-1-15-70(52(31)42(18-32)39-7-13-66-48-22-37(80-54(39)48)29-73-56(77)44-23-45(44)57(73)78)34-25-59(68-26-34)12-6-46(59)38-9-16-71(35-24-58(10-2-11-58)69(27-35)30-49(74)60(63,64)65)53-41(38)19-33(62)20-43(53)40-8-14-67-47-21-36(79-55(40)47)28-72-50(75)4-5-51(72)76/h7-8,13-14,17-22,34-35,38,44-46,49,68,74H,1-6,9-12,15-16,23-30H2/t34-,35-,38?,44?,45?,46?,49+,59?/m0/s1. The number of aliphatic hydroxyl groups excluding tert-OH is 1. The number of hydrogen-bond donors (Lipinski definition) is 2. The van der Waals surface area contributed by atoms with Crippen LogP contribution in [0.25, 0.3) is 42.7 Å². The van der Waals surface area contributed by atoms with E-state index < -0.39 is 24.4 Å². The van der Waals surface area contributed by atoms with Crippen molar-refractivity contribution in [3.63, 3.8) is 0 Å². The third-order valence-electron chi connectivity index (χ3n) is 20.0. The smallest absolute Gasteiger partial charge is 0.382 e. The largest absolute Gasteiger partial charge is 0.415 e. The van der Waals surface area contributed by atoms with Gasteiger partial charge in [-0.2, -0.15) is 13.2 Å². The van der Waals surface area contributed by atoms with E-state index >= 15 is 0 Å². The molecule has 6 aromatic rings. The van der Waals surface area contributed by atoms with E-state index in [1.54, 1.807) is 17.5 Å². The molecule has 20 heteroatoms. The van der Waals surface area contributed by atoms with E-state index in [9.17, 15) is 37.5 Å². The van der Waals surface area contributed by atoms with Gasteiger partial charge in [0, 0.05) is 135 Å². The van der Waals surface area contributed by atoms with Crippen LogP contribution in [0, 0.1) is 17.8 Å². The molecule has 8 atom stereocenters. The lowest BCUT2D eigenvalue weighted by molar-refractivity contribution is -0.212. The van der Waals surface area contributed by atoms with Crippen LogP contribution in [0.1, 0.15) is 104 Å². The average Bonchev–Trinajstić information content (AvgIpc) is 4.11. The first-order valence-electron chi connectivity index (χ1n) is 28.4. The molecular formula is C60H59Cl2F3N8O5S2. The first kappa shape index (κ1) is 51.7. The lowest BCUT2D eigenvalue weighted by atomic mass is 9.57. The summed E-state index contributed by atoms with van der Waals surface area (Å²) in [7, 11) is 0. The van der Waals surface area contributed by atoms with Crippen molar-refractivity contribution >= 4 is 101 Å². The van der Waals surface area contributed by atoms with Crippen LogP contribution in [-0.4, -0.2) is 122 Å². The summed E-state index contributed by atoms with van der Waals surface area (Å²) in [5.41, 5.74) is 9.55. The van der Waals surface area contributed by atoms with Gasteiger partial charge in [-0.25, -0.2) is 0 Å². The molecule has 6 aliphatic heterocycles. The number of β-amino-alcohol motifs (C(OH)–C–C–N with tert-alkyl or cyclic N) is 1. The molecule has 10 heterocycles. The van der Waals surface area contributed by atoms with Gasteiger partial charge in [0.15, 0.2) is 6.10 Å². The van der Waals surface area contributed by atoms with Crippen LogP contribution in [0.3, 0.4) is 0 Å². The number of carbonyl (C=O) groups excluding carboxylic acids is 4. The number of likely N-dealkylation sites (tertiary alicyclic amines) is 3. The normalized spacial score (nSPS) is 28.4. The van der Waals surface area contributed by atoms with Crippen molar-refractivity contribution < 1.29 is 37.5 Å². The molecule has 416 valence electrons. The Morgan fingerprint density at radius 3 is 1.98 bits per heavy atom. The van der Waals surface area contributed by atoms with Crippen LogP contribution >= 0.6 is 45.9 Å². The molecule has 4 amide bonds. The third-order valence-corrected chi connectivity index (χ3v) is 22.8. The van der Waals surface area contributed by atoms with Gasteiger partial charge in [0.2, 0.25) is 23.6 Å². The molecule has 5 unspecified atom stereocenters. The van der Waals surface area contributed by atoms with E-state index in [0.29, 0.717) is 36.0 Å². The van der Waals surface area contributed by atoms with E-state index in [4.69, 9.17) is 33.2 Å². The lowest BCUT2D eigenvalue weighted by Crippen LogP contribution is -2.57. The first-order valence-corrected chi connectivity index (χ1v) is 30.8. The number of benzene rings is 2. The second-order valence-corrected chi connectivity index (χ2v) is 27.5. The molecule has 15 rings (SSSR count). The number of nitrogens with zero attached hydrogens (tertiary/aromatic N) is 7. The molecule has 4 saturated heterocycles. The monoisotopic (exact) mass is 1160 g/mol. The number of imide groups is 2. The first-order chi connectivity index (χ1) is 38.5. The number of fused-ring (bicyclic) bond motifs is 5. The van der Waals surface area contributed by atoms with Gasteiger partial charge < -0.3 is 20.2 Å². The van der Waals surface area contributed by atoms with Gasteiger partial charge in [0.25, 0.3) is 0 Å².